The van der Waals surface area contributed by atoms with Gasteiger partial charge in [-0.05, 0) is 44.7 Å². The number of amides is 1. The number of benzene rings is 4. The SMILES string of the molecule is NC(N)=NC(=O)Cc1c(-c2ccccc2)cccc1-c1ccc2ccccc2c1. The summed E-state index contributed by atoms with van der Waals surface area (Å²) in [6.07, 6.45) is 0.116. The van der Waals surface area contributed by atoms with Crippen molar-refractivity contribution in [2.45, 2.75) is 6.42 Å². The lowest BCUT2D eigenvalue weighted by Crippen LogP contribution is -2.24. The van der Waals surface area contributed by atoms with Crippen molar-refractivity contribution in [3.8, 4) is 22.3 Å². The minimum absolute atomic E-state index is 0.116. The maximum absolute atomic E-state index is 12.5. The molecule has 0 saturated heterocycles. The van der Waals surface area contributed by atoms with Gasteiger partial charge in [0.05, 0.1) is 6.42 Å². The quantitative estimate of drug-likeness (QED) is 0.404. The Balaban J connectivity index is 1.90. The van der Waals surface area contributed by atoms with E-state index in [1.165, 1.54) is 5.39 Å². The van der Waals surface area contributed by atoms with Crippen LogP contribution in [0, 0.1) is 0 Å². The van der Waals surface area contributed by atoms with Crippen LogP contribution in [0.3, 0.4) is 0 Å². The van der Waals surface area contributed by atoms with Gasteiger partial charge in [0, 0.05) is 0 Å². The molecule has 0 spiro atoms. The second kappa shape index (κ2) is 7.98. The number of carbonyl (C=O) groups is 1. The van der Waals surface area contributed by atoms with Crippen LogP contribution in [-0.4, -0.2) is 11.9 Å². The van der Waals surface area contributed by atoms with Crippen LogP contribution in [0.15, 0.2) is 96.0 Å². The van der Waals surface area contributed by atoms with Crippen LogP contribution in [0.5, 0.6) is 0 Å². The third-order valence-corrected chi connectivity index (χ3v) is 4.90. The molecule has 0 aliphatic heterocycles. The summed E-state index contributed by atoms with van der Waals surface area (Å²) in [6, 6.07) is 30.6. The molecule has 4 heteroatoms. The van der Waals surface area contributed by atoms with Gasteiger partial charge in [-0.25, -0.2) is 0 Å². The van der Waals surface area contributed by atoms with Crippen molar-refractivity contribution >= 4 is 22.6 Å². The van der Waals surface area contributed by atoms with Gasteiger partial charge < -0.3 is 11.5 Å². The normalized spacial score (nSPS) is 10.6. The van der Waals surface area contributed by atoms with Gasteiger partial charge in [0.15, 0.2) is 5.96 Å². The van der Waals surface area contributed by atoms with E-state index >= 15 is 0 Å². The summed E-state index contributed by atoms with van der Waals surface area (Å²) < 4.78 is 0. The fourth-order valence-electron chi connectivity index (χ4n) is 3.63. The van der Waals surface area contributed by atoms with E-state index in [0.717, 1.165) is 33.2 Å². The number of nitrogens with two attached hydrogens (primary N) is 2. The van der Waals surface area contributed by atoms with E-state index in [4.69, 9.17) is 11.5 Å². The average Bonchev–Trinajstić information content (AvgIpc) is 2.73. The lowest BCUT2D eigenvalue weighted by atomic mass is 9.89. The molecule has 0 aromatic heterocycles. The highest BCUT2D eigenvalue weighted by Crippen LogP contribution is 2.34. The summed E-state index contributed by atoms with van der Waals surface area (Å²) in [7, 11) is 0. The predicted molar refractivity (Wildman–Crippen MR) is 119 cm³/mol. The van der Waals surface area contributed by atoms with Crippen LogP contribution < -0.4 is 11.5 Å². The van der Waals surface area contributed by atoms with Crippen molar-refractivity contribution in [1.82, 2.24) is 0 Å². The molecule has 0 atom stereocenters. The Morgan fingerprint density at radius 2 is 1.34 bits per heavy atom. The van der Waals surface area contributed by atoms with E-state index in [0.29, 0.717) is 0 Å². The third-order valence-electron chi connectivity index (χ3n) is 4.90. The summed E-state index contributed by atoms with van der Waals surface area (Å²) in [5, 5.41) is 2.32. The minimum Gasteiger partial charge on any atom is -0.370 e. The lowest BCUT2D eigenvalue weighted by Gasteiger charge is -2.15. The highest BCUT2D eigenvalue weighted by atomic mass is 16.1. The van der Waals surface area contributed by atoms with E-state index in [-0.39, 0.29) is 18.3 Å². The van der Waals surface area contributed by atoms with E-state index in [1.807, 2.05) is 60.7 Å². The molecule has 4 N–H and O–H groups in total. The molecule has 0 unspecified atom stereocenters. The van der Waals surface area contributed by atoms with Gasteiger partial charge in [0.25, 0.3) is 5.91 Å². The second-order valence-corrected chi connectivity index (χ2v) is 6.87. The van der Waals surface area contributed by atoms with Crippen molar-refractivity contribution < 1.29 is 4.79 Å². The summed E-state index contributed by atoms with van der Waals surface area (Å²) in [5.74, 6) is -0.588. The van der Waals surface area contributed by atoms with Crippen molar-refractivity contribution in [3.05, 3.63) is 96.6 Å². The summed E-state index contributed by atoms with van der Waals surface area (Å²) >= 11 is 0. The molecule has 4 nitrogen and oxygen atoms in total. The molecule has 0 radical (unpaired) electrons. The maximum atomic E-state index is 12.5. The van der Waals surface area contributed by atoms with Gasteiger partial charge in [-0.2, -0.15) is 4.99 Å². The van der Waals surface area contributed by atoms with Crippen molar-refractivity contribution in [2.24, 2.45) is 16.5 Å². The second-order valence-electron chi connectivity index (χ2n) is 6.87. The number of aliphatic imine (C=N–C) groups is 1. The first-order chi connectivity index (χ1) is 14.1. The van der Waals surface area contributed by atoms with Gasteiger partial charge in [-0.15, -0.1) is 0 Å². The first kappa shape index (κ1) is 18.4. The van der Waals surface area contributed by atoms with Crippen LogP contribution in [0.1, 0.15) is 5.56 Å². The molecule has 1 amide bonds. The van der Waals surface area contributed by atoms with Gasteiger partial charge >= 0.3 is 0 Å². The molecule has 0 aliphatic carbocycles. The molecule has 0 saturated carbocycles. The number of hydrogen-bond acceptors (Lipinski definition) is 1. The Hall–Kier alpha value is -3.92. The molecule has 0 bridgehead atoms. The molecular formula is C25H21N3O. The summed E-state index contributed by atoms with van der Waals surface area (Å²) in [4.78, 5) is 16.2. The Kier molecular flexibility index (Phi) is 5.08. The Morgan fingerprint density at radius 1 is 0.690 bits per heavy atom. The Labute approximate surface area is 169 Å². The van der Waals surface area contributed by atoms with Crippen LogP contribution in [0.2, 0.25) is 0 Å². The van der Waals surface area contributed by atoms with Gasteiger partial charge in [0.1, 0.15) is 0 Å². The van der Waals surface area contributed by atoms with Crippen LogP contribution in [0.4, 0.5) is 0 Å². The maximum Gasteiger partial charge on any atom is 0.253 e. The number of fused-ring (bicyclic) bond motifs is 1. The monoisotopic (exact) mass is 379 g/mol. The lowest BCUT2D eigenvalue weighted by molar-refractivity contribution is -0.117. The van der Waals surface area contributed by atoms with E-state index in [9.17, 15) is 4.79 Å². The predicted octanol–water partition coefficient (Wildman–Crippen LogP) is 4.52. The summed E-state index contributed by atoms with van der Waals surface area (Å²) in [6.45, 7) is 0. The van der Waals surface area contributed by atoms with E-state index < -0.39 is 0 Å². The van der Waals surface area contributed by atoms with Gasteiger partial charge in [0.2, 0.25) is 0 Å². The first-order valence-corrected chi connectivity index (χ1v) is 9.41. The van der Waals surface area contributed by atoms with Crippen LogP contribution in [-0.2, 0) is 11.2 Å². The molecule has 29 heavy (non-hydrogen) atoms. The molecule has 0 fully saturated rings. The Bertz CT molecular complexity index is 1210. The largest absolute Gasteiger partial charge is 0.370 e. The molecule has 4 rings (SSSR count). The molecule has 142 valence electrons. The molecule has 0 heterocycles. The number of guanidine groups is 1. The topological polar surface area (TPSA) is 81.5 Å². The number of nitrogens with zero attached hydrogens (tertiary/aromatic N) is 1. The molecular weight excluding hydrogens is 358 g/mol. The van der Waals surface area contributed by atoms with Crippen molar-refractivity contribution in [1.29, 1.82) is 0 Å². The highest BCUT2D eigenvalue weighted by Gasteiger charge is 2.15. The zero-order valence-corrected chi connectivity index (χ0v) is 15.9. The smallest absolute Gasteiger partial charge is 0.253 e. The van der Waals surface area contributed by atoms with E-state index in [1.54, 1.807) is 0 Å². The fourth-order valence-corrected chi connectivity index (χ4v) is 3.63. The zero-order chi connectivity index (χ0) is 20.2. The Morgan fingerprint density at radius 3 is 2.07 bits per heavy atom. The number of carbonyl (C=O) groups excluding carboxylic acids is 1. The van der Waals surface area contributed by atoms with Crippen LogP contribution in [0.25, 0.3) is 33.0 Å². The fraction of sp³-hybridized carbons (Fsp3) is 0.0400. The van der Waals surface area contributed by atoms with Gasteiger partial charge in [-0.3, -0.25) is 4.79 Å². The van der Waals surface area contributed by atoms with Gasteiger partial charge in [-0.1, -0.05) is 84.9 Å². The van der Waals surface area contributed by atoms with Crippen molar-refractivity contribution in [3.63, 3.8) is 0 Å². The van der Waals surface area contributed by atoms with E-state index in [2.05, 4.69) is 35.3 Å². The first-order valence-electron chi connectivity index (χ1n) is 9.41. The third kappa shape index (κ3) is 4.01. The highest BCUT2D eigenvalue weighted by molar-refractivity contribution is 5.95. The zero-order valence-electron chi connectivity index (χ0n) is 15.9. The van der Waals surface area contributed by atoms with Crippen LogP contribution >= 0.6 is 0 Å². The molecule has 4 aromatic carbocycles. The molecule has 0 aliphatic rings. The standard InChI is InChI=1S/C25H21N3O/c26-25(27)28-24(29)16-23-21(18-8-2-1-3-9-18)11-6-12-22(23)20-14-13-17-7-4-5-10-19(17)15-20/h1-15H,16H2,(H4,26,27,28,29). The number of hydrogen-bond donors (Lipinski definition) is 2. The number of rotatable bonds is 4. The average molecular weight is 379 g/mol. The molecule has 4 aromatic rings. The summed E-state index contributed by atoms with van der Waals surface area (Å²) in [5.41, 5.74) is 15.8. The van der Waals surface area contributed by atoms with Crippen molar-refractivity contribution in [2.75, 3.05) is 0 Å². The minimum atomic E-state index is -0.365.